The Bertz CT molecular complexity index is 997. The number of anilines is 2. The number of aromatic nitrogens is 2. The summed E-state index contributed by atoms with van der Waals surface area (Å²) in [7, 11) is 0. The number of fused-ring (bicyclic) bond motifs is 4. The van der Waals surface area contributed by atoms with Crippen molar-refractivity contribution in [1.29, 1.82) is 0 Å². The molecule has 3 aromatic rings. The SMILES string of the molecule is CC(C)N1CN=C(Nc2ccc3[nH]ncc3c2)c2c1sc1c2CCCC1. The highest BCUT2D eigenvalue weighted by molar-refractivity contribution is 7.16. The fourth-order valence-electron chi connectivity index (χ4n) is 3.95. The van der Waals surface area contributed by atoms with Gasteiger partial charge in [0.15, 0.2) is 0 Å². The summed E-state index contributed by atoms with van der Waals surface area (Å²) in [6.07, 6.45) is 6.85. The molecule has 1 aromatic carbocycles. The molecule has 6 heteroatoms. The molecule has 0 fully saturated rings. The van der Waals surface area contributed by atoms with Gasteiger partial charge in [-0.15, -0.1) is 11.3 Å². The lowest BCUT2D eigenvalue weighted by Gasteiger charge is -2.31. The zero-order valence-electron chi connectivity index (χ0n) is 15.2. The Morgan fingerprint density at radius 2 is 2.12 bits per heavy atom. The predicted molar refractivity (Wildman–Crippen MR) is 110 cm³/mol. The second-order valence-electron chi connectivity index (χ2n) is 7.40. The smallest absolute Gasteiger partial charge is 0.137 e. The molecular weight excluding hydrogens is 342 g/mol. The van der Waals surface area contributed by atoms with Crippen molar-refractivity contribution in [1.82, 2.24) is 10.2 Å². The maximum atomic E-state index is 4.93. The van der Waals surface area contributed by atoms with Crippen LogP contribution in [0.4, 0.5) is 10.7 Å². The standard InChI is InChI=1S/C20H23N5S/c1-12(2)25-11-21-19(18-15-5-3-4-6-17(15)26-20(18)25)23-14-7-8-16-13(9-14)10-22-24-16/h7-10,12H,3-6,11H2,1-2H3,(H,21,23)(H,22,24). The highest BCUT2D eigenvalue weighted by Gasteiger charge is 2.30. The van der Waals surface area contributed by atoms with Crippen molar-refractivity contribution in [3.8, 4) is 0 Å². The largest absolute Gasteiger partial charge is 0.341 e. The fraction of sp³-hybridized carbons (Fsp3) is 0.400. The number of aliphatic imine (C=N–C) groups is 1. The molecule has 1 aliphatic heterocycles. The van der Waals surface area contributed by atoms with E-state index < -0.39 is 0 Å². The van der Waals surface area contributed by atoms with Gasteiger partial charge in [0.2, 0.25) is 0 Å². The van der Waals surface area contributed by atoms with Gasteiger partial charge < -0.3 is 10.2 Å². The molecule has 26 heavy (non-hydrogen) atoms. The van der Waals surface area contributed by atoms with E-state index in [9.17, 15) is 0 Å². The maximum Gasteiger partial charge on any atom is 0.137 e. The number of aryl methyl sites for hydroxylation is 1. The van der Waals surface area contributed by atoms with E-state index in [4.69, 9.17) is 4.99 Å². The molecular formula is C20H23N5S. The van der Waals surface area contributed by atoms with E-state index in [1.807, 2.05) is 17.5 Å². The van der Waals surface area contributed by atoms with Crippen molar-refractivity contribution >= 4 is 38.8 Å². The van der Waals surface area contributed by atoms with Crippen LogP contribution < -0.4 is 10.2 Å². The van der Waals surface area contributed by atoms with Gasteiger partial charge in [0.1, 0.15) is 17.5 Å². The summed E-state index contributed by atoms with van der Waals surface area (Å²) < 4.78 is 0. The predicted octanol–water partition coefficient (Wildman–Crippen LogP) is 4.55. The van der Waals surface area contributed by atoms with Crippen molar-refractivity contribution in [3.63, 3.8) is 0 Å². The summed E-state index contributed by atoms with van der Waals surface area (Å²) in [5.41, 5.74) is 4.99. The molecule has 0 spiro atoms. The van der Waals surface area contributed by atoms with Crippen LogP contribution in [0.5, 0.6) is 0 Å². The number of rotatable bonds is 2. The summed E-state index contributed by atoms with van der Waals surface area (Å²) >= 11 is 1.98. The number of benzene rings is 1. The van der Waals surface area contributed by atoms with Crippen LogP contribution in [0.15, 0.2) is 29.4 Å². The van der Waals surface area contributed by atoms with Crippen LogP contribution in [0.25, 0.3) is 10.9 Å². The lowest BCUT2D eigenvalue weighted by Crippen LogP contribution is -2.36. The van der Waals surface area contributed by atoms with Crippen molar-refractivity contribution in [2.75, 3.05) is 16.9 Å². The third-order valence-corrected chi connectivity index (χ3v) is 6.69. The molecule has 0 amide bonds. The molecule has 2 aromatic heterocycles. The maximum absolute atomic E-state index is 4.93. The van der Waals surface area contributed by atoms with E-state index in [-0.39, 0.29) is 0 Å². The normalized spacial score (nSPS) is 16.6. The van der Waals surface area contributed by atoms with Gasteiger partial charge in [-0.3, -0.25) is 5.10 Å². The molecule has 2 N–H and O–H groups in total. The minimum Gasteiger partial charge on any atom is -0.341 e. The van der Waals surface area contributed by atoms with Gasteiger partial charge in [-0.1, -0.05) is 0 Å². The molecule has 0 radical (unpaired) electrons. The number of amidine groups is 1. The van der Waals surface area contributed by atoms with E-state index in [2.05, 4.69) is 52.5 Å². The quantitative estimate of drug-likeness (QED) is 0.700. The first-order chi connectivity index (χ1) is 12.7. The van der Waals surface area contributed by atoms with Gasteiger partial charge in [-0.25, -0.2) is 4.99 Å². The summed E-state index contributed by atoms with van der Waals surface area (Å²) in [5, 5.41) is 13.2. The van der Waals surface area contributed by atoms with E-state index in [1.54, 1.807) is 4.88 Å². The number of aromatic amines is 1. The summed E-state index contributed by atoms with van der Waals surface area (Å²) in [5.74, 6) is 1.03. The molecule has 134 valence electrons. The van der Waals surface area contributed by atoms with Crippen LogP contribution in [0.2, 0.25) is 0 Å². The van der Waals surface area contributed by atoms with Crippen LogP contribution >= 0.6 is 11.3 Å². The van der Waals surface area contributed by atoms with E-state index in [0.29, 0.717) is 6.04 Å². The summed E-state index contributed by atoms with van der Waals surface area (Å²) in [4.78, 5) is 8.93. The zero-order valence-corrected chi connectivity index (χ0v) is 16.0. The number of H-pyrrole nitrogens is 1. The Morgan fingerprint density at radius 3 is 3.00 bits per heavy atom. The summed E-state index contributed by atoms with van der Waals surface area (Å²) in [6, 6.07) is 6.75. The Kier molecular flexibility index (Phi) is 3.74. The molecule has 3 heterocycles. The topological polar surface area (TPSA) is 56.3 Å². The van der Waals surface area contributed by atoms with Crippen LogP contribution in [-0.2, 0) is 12.8 Å². The molecule has 2 aliphatic rings. The highest BCUT2D eigenvalue weighted by atomic mass is 32.1. The first kappa shape index (κ1) is 15.9. The van der Waals surface area contributed by atoms with Gasteiger partial charge in [0.25, 0.3) is 0 Å². The van der Waals surface area contributed by atoms with E-state index in [1.165, 1.54) is 41.8 Å². The van der Waals surface area contributed by atoms with Crippen molar-refractivity contribution in [2.24, 2.45) is 4.99 Å². The molecule has 0 atom stereocenters. The lowest BCUT2D eigenvalue weighted by atomic mass is 9.94. The number of nitrogens with zero attached hydrogens (tertiary/aromatic N) is 3. The Morgan fingerprint density at radius 1 is 1.23 bits per heavy atom. The average Bonchev–Trinajstić information content (AvgIpc) is 3.25. The number of thiophene rings is 1. The minimum absolute atomic E-state index is 0.460. The lowest BCUT2D eigenvalue weighted by molar-refractivity contribution is 0.685. The van der Waals surface area contributed by atoms with Gasteiger partial charge >= 0.3 is 0 Å². The highest BCUT2D eigenvalue weighted by Crippen LogP contribution is 2.43. The number of nitrogens with one attached hydrogen (secondary N) is 2. The first-order valence-electron chi connectivity index (χ1n) is 9.37. The first-order valence-corrected chi connectivity index (χ1v) is 10.2. The van der Waals surface area contributed by atoms with Crippen molar-refractivity contribution < 1.29 is 0 Å². The van der Waals surface area contributed by atoms with Gasteiger partial charge in [-0.2, -0.15) is 5.10 Å². The number of hydrogen-bond acceptors (Lipinski definition) is 5. The van der Waals surface area contributed by atoms with Gasteiger partial charge in [0.05, 0.1) is 17.3 Å². The third kappa shape index (κ3) is 2.51. The molecule has 0 saturated carbocycles. The average molecular weight is 366 g/mol. The van der Waals surface area contributed by atoms with Gasteiger partial charge in [-0.05, 0) is 63.3 Å². The summed E-state index contributed by atoms with van der Waals surface area (Å²) in [6.45, 7) is 5.23. The molecule has 5 rings (SSSR count). The van der Waals surface area contributed by atoms with E-state index >= 15 is 0 Å². The Balaban J connectivity index is 1.56. The molecule has 1 aliphatic carbocycles. The molecule has 0 saturated heterocycles. The second-order valence-corrected chi connectivity index (χ2v) is 8.48. The Hall–Kier alpha value is -2.34. The minimum atomic E-state index is 0.460. The van der Waals surface area contributed by atoms with Crippen molar-refractivity contribution in [3.05, 3.63) is 40.4 Å². The third-order valence-electron chi connectivity index (χ3n) is 5.36. The number of hydrogen-bond donors (Lipinski definition) is 2. The molecule has 0 bridgehead atoms. The van der Waals surface area contributed by atoms with Crippen LogP contribution in [-0.4, -0.2) is 28.7 Å². The second kappa shape index (κ2) is 6.13. The van der Waals surface area contributed by atoms with Crippen LogP contribution in [0.1, 0.15) is 42.7 Å². The fourth-order valence-corrected chi connectivity index (χ4v) is 5.46. The zero-order chi connectivity index (χ0) is 17.7. The van der Waals surface area contributed by atoms with Crippen LogP contribution in [0.3, 0.4) is 0 Å². The van der Waals surface area contributed by atoms with Crippen LogP contribution in [0, 0.1) is 0 Å². The Labute approximate surface area is 157 Å². The monoisotopic (exact) mass is 365 g/mol. The molecule has 5 nitrogen and oxygen atoms in total. The molecule has 0 unspecified atom stereocenters. The van der Waals surface area contributed by atoms with Crippen molar-refractivity contribution in [2.45, 2.75) is 45.6 Å². The van der Waals surface area contributed by atoms with Gasteiger partial charge in [0, 0.05) is 22.0 Å². The van der Waals surface area contributed by atoms with E-state index in [0.717, 1.165) is 29.1 Å².